The molecule has 2 bridgehead atoms. The summed E-state index contributed by atoms with van der Waals surface area (Å²) < 4.78 is 30.7. The van der Waals surface area contributed by atoms with Gasteiger partial charge in [0.05, 0.1) is 31.3 Å². The first-order chi connectivity index (χ1) is 19.3. The van der Waals surface area contributed by atoms with E-state index in [2.05, 4.69) is 31.1 Å². The van der Waals surface area contributed by atoms with Crippen LogP contribution in [0.15, 0.2) is 49.0 Å². The van der Waals surface area contributed by atoms with E-state index < -0.39 is 12.1 Å². The van der Waals surface area contributed by atoms with Crippen LogP contribution in [0.1, 0.15) is 53.4 Å². The van der Waals surface area contributed by atoms with Gasteiger partial charge >= 0.3 is 23.9 Å². The third-order valence-corrected chi connectivity index (χ3v) is 7.76. The third kappa shape index (κ3) is 8.24. The van der Waals surface area contributed by atoms with E-state index in [4.69, 9.17) is 23.7 Å². The standard InChI is InChI=1S/C14H20O3.C9H12O3.C8H10O4/c1-7(2)14(15)17-12-5-9-4-10(12)13-8(3)16-6-11(9)13;1-6(2)9(10)12-8-4-5-11-7(8)3;1-5(2)8(10)12-6-3-7(9)11-4-6/h7,9-13H,3-6H2,1-2H3;8H,1,3-5H2,2H3;6H,1,3-4H2,2H3. The molecule has 0 N–H and O–H groups in total. The van der Waals surface area contributed by atoms with Crippen molar-refractivity contribution in [3.63, 3.8) is 0 Å². The first kappa shape index (κ1) is 32.0. The molecule has 0 amide bonds. The van der Waals surface area contributed by atoms with Crippen molar-refractivity contribution >= 4 is 23.9 Å². The predicted octanol–water partition coefficient (Wildman–Crippen LogP) is 4.20. The molecule has 5 aliphatic rings. The van der Waals surface area contributed by atoms with Gasteiger partial charge in [-0.1, -0.05) is 40.2 Å². The van der Waals surface area contributed by atoms with Gasteiger partial charge in [0.1, 0.15) is 24.6 Å². The molecule has 2 saturated carbocycles. The lowest BCUT2D eigenvalue weighted by molar-refractivity contribution is -0.156. The van der Waals surface area contributed by atoms with Crippen molar-refractivity contribution in [1.82, 2.24) is 0 Å². The van der Waals surface area contributed by atoms with E-state index in [1.54, 1.807) is 13.8 Å². The van der Waals surface area contributed by atoms with E-state index in [0.29, 0.717) is 53.6 Å². The van der Waals surface area contributed by atoms with Crippen LogP contribution in [0.3, 0.4) is 0 Å². The Hall–Kier alpha value is -3.56. The Morgan fingerprint density at radius 1 is 0.854 bits per heavy atom. The Morgan fingerprint density at radius 2 is 1.51 bits per heavy atom. The Balaban J connectivity index is 0.000000174. The topological polar surface area (TPSA) is 124 Å². The maximum Gasteiger partial charge on any atom is 0.333 e. The number of hydrogen-bond donors (Lipinski definition) is 0. The van der Waals surface area contributed by atoms with Crippen molar-refractivity contribution in [1.29, 1.82) is 0 Å². The van der Waals surface area contributed by atoms with Crippen LogP contribution in [0.5, 0.6) is 0 Å². The van der Waals surface area contributed by atoms with Gasteiger partial charge in [-0.25, -0.2) is 9.59 Å². The molecule has 0 radical (unpaired) electrons. The molecular formula is C31H42O10. The largest absolute Gasteiger partial charge is 0.498 e. The molecule has 7 unspecified atom stereocenters. The van der Waals surface area contributed by atoms with Gasteiger partial charge in [0.25, 0.3) is 0 Å². The smallest absolute Gasteiger partial charge is 0.333 e. The molecule has 7 atom stereocenters. The maximum absolute atomic E-state index is 11.7. The molecule has 10 heteroatoms. The average Bonchev–Trinajstić information content (AvgIpc) is 3.72. The summed E-state index contributed by atoms with van der Waals surface area (Å²) in [7, 11) is 0. The first-order valence-corrected chi connectivity index (χ1v) is 14.0. The van der Waals surface area contributed by atoms with Crippen LogP contribution < -0.4 is 0 Å². The van der Waals surface area contributed by atoms with E-state index in [0.717, 1.165) is 18.8 Å². The van der Waals surface area contributed by atoms with Crippen LogP contribution >= 0.6 is 0 Å². The van der Waals surface area contributed by atoms with Gasteiger partial charge < -0.3 is 28.4 Å². The fraction of sp³-hybridized carbons (Fsp3) is 0.613. The Labute approximate surface area is 241 Å². The van der Waals surface area contributed by atoms with Gasteiger partial charge in [-0.3, -0.25) is 9.59 Å². The summed E-state index contributed by atoms with van der Waals surface area (Å²) in [5.74, 6) is 2.39. The molecule has 3 heterocycles. The minimum atomic E-state index is -0.474. The second kappa shape index (κ2) is 13.9. The average molecular weight is 575 g/mol. The van der Waals surface area contributed by atoms with Gasteiger partial charge in [-0.15, -0.1) is 0 Å². The van der Waals surface area contributed by atoms with E-state index in [1.807, 2.05) is 13.8 Å². The molecule has 5 fully saturated rings. The number of cyclic esters (lactones) is 1. The van der Waals surface area contributed by atoms with E-state index in [-0.39, 0.29) is 49.1 Å². The van der Waals surface area contributed by atoms with Crippen molar-refractivity contribution in [3.8, 4) is 0 Å². The van der Waals surface area contributed by atoms with Crippen LogP contribution in [-0.4, -0.2) is 62.0 Å². The van der Waals surface area contributed by atoms with Crippen LogP contribution in [-0.2, 0) is 47.6 Å². The Kier molecular flexibility index (Phi) is 10.8. The van der Waals surface area contributed by atoms with Crippen molar-refractivity contribution in [2.24, 2.45) is 29.6 Å². The van der Waals surface area contributed by atoms with E-state index >= 15 is 0 Å². The number of carbonyl (C=O) groups excluding carboxylic acids is 4. The second-order valence-electron chi connectivity index (χ2n) is 11.5. The molecule has 5 rings (SSSR count). The van der Waals surface area contributed by atoms with Crippen LogP contribution in [0, 0.1) is 29.6 Å². The summed E-state index contributed by atoms with van der Waals surface area (Å²) in [6.45, 7) is 23.0. The van der Waals surface area contributed by atoms with Crippen molar-refractivity contribution < 1.29 is 47.6 Å². The zero-order valence-corrected chi connectivity index (χ0v) is 24.5. The van der Waals surface area contributed by atoms with E-state index in [9.17, 15) is 19.2 Å². The number of carbonyl (C=O) groups is 4. The molecule has 0 spiro atoms. The van der Waals surface area contributed by atoms with Crippen molar-refractivity contribution in [2.45, 2.75) is 71.7 Å². The molecule has 3 aliphatic heterocycles. The van der Waals surface area contributed by atoms with Gasteiger partial charge in [-0.05, 0) is 32.6 Å². The molecule has 0 aromatic heterocycles. The van der Waals surface area contributed by atoms with Crippen LogP contribution in [0.2, 0.25) is 0 Å². The van der Waals surface area contributed by atoms with E-state index in [1.165, 1.54) is 6.42 Å². The van der Waals surface area contributed by atoms with Gasteiger partial charge in [0.15, 0.2) is 6.10 Å². The molecule has 41 heavy (non-hydrogen) atoms. The van der Waals surface area contributed by atoms with Crippen LogP contribution in [0.25, 0.3) is 0 Å². The highest BCUT2D eigenvalue weighted by atomic mass is 16.6. The fourth-order valence-corrected chi connectivity index (χ4v) is 5.57. The Morgan fingerprint density at radius 3 is 2.05 bits per heavy atom. The second-order valence-corrected chi connectivity index (χ2v) is 11.5. The number of fused-ring (bicyclic) bond motifs is 5. The zero-order chi connectivity index (χ0) is 30.4. The first-order valence-electron chi connectivity index (χ1n) is 14.0. The highest BCUT2D eigenvalue weighted by Gasteiger charge is 2.58. The fourth-order valence-electron chi connectivity index (χ4n) is 5.57. The van der Waals surface area contributed by atoms with Crippen molar-refractivity contribution in [3.05, 3.63) is 49.0 Å². The SMILES string of the molecule is C=C(C)C(=O)OC1CCOC1=C.C=C(C)C(=O)OC1COC(=O)C1.C=C1OCC2C3CC(OC(=O)C(C)C)C(C3)C12. The summed E-state index contributed by atoms with van der Waals surface area (Å²) >= 11 is 0. The molecule has 3 saturated heterocycles. The molecule has 0 aromatic carbocycles. The minimum Gasteiger partial charge on any atom is -0.498 e. The highest BCUT2D eigenvalue weighted by molar-refractivity contribution is 5.87. The third-order valence-electron chi connectivity index (χ3n) is 7.76. The minimum absolute atomic E-state index is 0.0343. The lowest BCUT2D eigenvalue weighted by Crippen LogP contribution is -2.34. The van der Waals surface area contributed by atoms with Crippen LogP contribution in [0.4, 0.5) is 0 Å². The predicted molar refractivity (Wildman–Crippen MR) is 148 cm³/mol. The number of ether oxygens (including phenoxy) is 6. The van der Waals surface area contributed by atoms with Gasteiger partial charge in [0.2, 0.25) is 0 Å². The van der Waals surface area contributed by atoms with Gasteiger partial charge in [-0.2, -0.15) is 0 Å². The lowest BCUT2D eigenvalue weighted by Gasteiger charge is -2.30. The summed E-state index contributed by atoms with van der Waals surface area (Å²) in [5.41, 5.74) is 0.726. The monoisotopic (exact) mass is 574 g/mol. The lowest BCUT2D eigenvalue weighted by atomic mass is 9.79. The summed E-state index contributed by atoms with van der Waals surface area (Å²) in [6, 6.07) is 0. The summed E-state index contributed by atoms with van der Waals surface area (Å²) in [4.78, 5) is 44.2. The quantitative estimate of drug-likeness (QED) is 0.259. The molecule has 2 aliphatic carbocycles. The Bertz CT molecular complexity index is 1090. The number of rotatable bonds is 6. The number of esters is 4. The molecular weight excluding hydrogens is 532 g/mol. The highest BCUT2D eigenvalue weighted by Crippen LogP contribution is 2.58. The molecule has 0 aromatic rings. The number of hydrogen-bond acceptors (Lipinski definition) is 10. The normalized spacial score (nSPS) is 30.5. The van der Waals surface area contributed by atoms with Crippen molar-refractivity contribution in [2.75, 3.05) is 19.8 Å². The molecule has 226 valence electrons. The molecule has 10 nitrogen and oxygen atoms in total. The van der Waals surface area contributed by atoms with Gasteiger partial charge in [0, 0.05) is 35.3 Å². The zero-order valence-electron chi connectivity index (χ0n) is 24.5. The number of allylic oxidation sites excluding steroid dienone is 1. The summed E-state index contributed by atoms with van der Waals surface area (Å²) in [5, 5.41) is 0. The summed E-state index contributed by atoms with van der Waals surface area (Å²) in [6.07, 6.45) is 2.46. The maximum atomic E-state index is 11.7.